The molecule has 1 aliphatic heterocycles. The number of carbonyl (C=O) groups excluding carboxylic acids is 1. The number of amides is 1. The third-order valence-electron chi connectivity index (χ3n) is 2.84. The van der Waals surface area contributed by atoms with Crippen molar-refractivity contribution in [2.45, 2.75) is 32.9 Å². The number of aromatic nitrogens is 2. The monoisotopic (exact) mass is 222 g/mol. The highest BCUT2D eigenvalue weighted by atomic mass is 16.2. The van der Waals surface area contributed by atoms with Gasteiger partial charge in [-0.15, -0.1) is 0 Å². The summed E-state index contributed by atoms with van der Waals surface area (Å²) >= 11 is 0. The minimum atomic E-state index is -0.0134. The van der Waals surface area contributed by atoms with Gasteiger partial charge in [-0.3, -0.25) is 9.48 Å². The summed E-state index contributed by atoms with van der Waals surface area (Å²) < 4.78 is 1.76. The molecule has 0 unspecified atom stereocenters. The van der Waals surface area contributed by atoms with Crippen LogP contribution in [-0.2, 0) is 13.0 Å². The smallest absolute Gasteiger partial charge is 0.269 e. The van der Waals surface area contributed by atoms with E-state index < -0.39 is 0 Å². The molecule has 0 aromatic carbocycles. The molecular weight excluding hydrogens is 204 g/mol. The van der Waals surface area contributed by atoms with Gasteiger partial charge in [0.2, 0.25) is 0 Å². The molecule has 0 saturated carbocycles. The van der Waals surface area contributed by atoms with Gasteiger partial charge in [0.25, 0.3) is 5.91 Å². The molecule has 0 bridgehead atoms. The molecule has 2 heterocycles. The predicted octanol–water partition coefficient (Wildman–Crippen LogP) is 0.167. The second-order valence-electron chi connectivity index (χ2n) is 4.02. The van der Waals surface area contributed by atoms with E-state index in [9.17, 15) is 4.79 Å². The van der Waals surface area contributed by atoms with E-state index in [2.05, 4.69) is 15.7 Å². The predicted molar refractivity (Wildman–Crippen MR) is 61.4 cm³/mol. The van der Waals surface area contributed by atoms with Crippen LogP contribution in [0.1, 0.15) is 30.0 Å². The van der Waals surface area contributed by atoms with Crippen LogP contribution in [0, 0.1) is 0 Å². The van der Waals surface area contributed by atoms with Crippen molar-refractivity contribution in [1.29, 1.82) is 0 Å². The highest BCUT2D eigenvalue weighted by Crippen LogP contribution is 2.06. The van der Waals surface area contributed by atoms with Crippen LogP contribution >= 0.6 is 0 Å². The van der Waals surface area contributed by atoms with Crippen molar-refractivity contribution in [1.82, 2.24) is 20.4 Å². The summed E-state index contributed by atoms with van der Waals surface area (Å²) in [5.41, 5.74) is 1.64. The summed E-state index contributed by atoms with van der Waals surface area (Å²) in [6, 6.07) is 2.16. The molecule has 1 saturated heterocycles. The Hall–Kier alpha value is -1.36. The van der Waals surface area contributed by atoms with Gasteiger partial charge in [0.1, 0.15) is 5.69 Å². The number of rotatable bonds is 4. The largest absolute Gasteiger partial charge is 0.345 e. The summed E-state index contributed by atoms with van der Waals surface area (Å²) in [6.07, 6.45) is 0.859. The first-order valence-corrected chi connectivity index (χ1v) is 5.82. The van der Waals surface area contributed by atoms with E-state index >= 15 is 0 Å². The molecule has 1 aromatic rings. The number of carbonyl (C=O) groups is 1. The Labute approximate surface area is 95.2 Å². The second kappa shape index (κ2) is 4.65. The lowest BCUT2D eigenvalue weighted by Gasteiger charge is -2.27. The first kappa shape index (κ1) is 11.1. The molecule has 0 aliphatic carbocycles. The van der Waals surface area contributed by atoms with E-state index in [1.54, 1.807) is 4.68 Å². The van der Waals surface area contributed by atoms with Gasteiger partial charge in [0.15, 0.2) is 0 Å². The molecule has 1 fully saturated rings. The van der Waals surface area contributed by atoms with E-state index in [-0.39, 0.29) is 11.9 Å². The SMILES string of the molecule is CCc1cc(C(=O)NC2CNC2)n(CC)n1. The van der Waals surface area contributed by atoms with Gasteiger partial charge >= 0.3 is 0 Å². The molecule has 1 amide bonds. The molecule has 2 rings (SSSR count). The average molecular weight is 222 g/mol. The zero-order valence-electron chi connectivity index (χ0n) is 9.79. The summed E-state index contributed by atoms with van der Waals surface area (Å²) in [5, 5.41) is 10.5. The molecule has 0 radical (unpaired) electrons. The summed E-state index contributed by atoms with van der Waals surface area (Å²) in [4.78, 5) is 12.0. The molecule has 1 aliphatic rings. The molecule has 2 N–H and O–H groups in total. The minimum Gasteiger partial charge on any atom is -0.345 e. The number of nitrogens with one attached hydrogen (secondary N) is 2. The van der Waals surface area contributed by atoms with Crippen LogP contribution in [0.15, 0.2) is 6.07 Å². The number of aryl methyl sites for hydroxylation is 2. The van der Waals surface area contributed by atoms with Crippen molar-refractivity contribution >= 4 is 5.91 Å². The van der Waals surface area contributed by atoms with Crippen molar-refractivity contribution in [2.75, 3.05) is 13.1 Å². The molecular formula is C11H18N4O. The van der Waals surface area contributed by atoms with Crippen LogP contribution in [0.25, 0.3) is 0 Å². The Balaban J connectivity index is 2.10. The molecule has 16 heavy (non-hydrogen) atoms. The van der Waals surface area contributed by atoms with Crippen LogP contribution in [-0.4, -0.2) is 34.8 Å². The van der Waals surface area contributed by atoms with Gasteiger partial charge in [0, 0.05) is 19.6 Å². The fraction of sp³-hybridized carbons (Fsp3) is 0.636. The van der Waals surface area contributed by atoms with Gasteiger partial charge in [0.05, 0.1) is 11.7 Å². The Morgan fingerprint density at radius 1 is 1.62 bits per heavy atom. The van der Waals surface area contributed by atoms with Gasteiger partial charge in [-0.1, -0.05) is 6.92 Å². The maximum absolute atomic E-state index is 12.0. The molecule has 88 valence electrons. The van der Waals surface area contributed by atoms with Crippen molar-refractivity contribution in [2.24, 2.45) is 0 Å². The number of hydrogen-bond donors (Lipinski definition) is 2. The van der Waals surface area contributed by atoms with Crippen molar-refractivity contribution < 1.29 is 4.79 Å². The lowest BCUT2D eigenvalue weighted by Crippen LogP contribution is -2.57. The summed E-state index contributed by atoms with van der Waals surface area (Å²) in [6.45, 7) is 6.50. The molecule has 1 aromatic heterocycles. The lowest BCUT2D eigenvalue weighted by atomic mass is 10.2. The Morgan fingerprint density at radius 3 is 2.88 bits per heavy atom. The van der Waals surface area contributed by atoms with Crippen LogP contribution < -0.4 is 10.6 Å². The topological polar surface area (TPSA) is 59.0 Å². The summed E-state index contributed by atoms with van der Waals surface area (Å²) in [5.74, 6) is -0.0134. The van der Waals surface area contributed by atoms with Gasteiger partial charge in [-0.2, -0.15) is 5.10 Å². The Morgan fingerprint density at radius 2 is 2.38 bits per heavy atom. The van der Waals surface area contributed by atoms with Crippen LogP contribution in [0.3, 0.4) is 0 Å². The van der Waals surface area contributed by atoms with E-state index in [1.165, 1.54) is 0 Å². The molecule has 0 atom stereocenters. The van der Waals surface area contributed by atoms with Crippen LogP contribution in [0.2, 0.25) is 0 Å². The standard InChI is InChI=1S/C11H18N4O/c1-3-8-5-10(15(4-2)14-8)11(16)13-9-6-12-7-9/h5,9,12H,3-4,6-7H2,1-2H3,(H,13,16). The highest BCUT2D eigenvalue weighted by molar-refractivity contribution is 5.93. The van der Waals surface area contributed by atoms with Crippen LogP contribution in [0.5, 0.6) is 0 Å². The van der Waals surface area contributed by atoms with E-state index in [4.69, 9.17) is 0 Å². The minimum absolute atomic E-state index is 0.0134. The first-order chi connectivity index (χ1) is 7.74. The van der Waals surface area contributed by atoms with E-state index in [0.29, 0.717) is 5.69 Å². The molecule has 5 heteroatoms. The molecule has 5 nitrogen and oxygen atoms in total. The quantitative estimate of drug-likeness (QED) is 0.763. The lowest BCUT2D eigenvalue weighted by molar-refractivity contribution is 0.0913. The van der Waals surface area contributed by atoms with Gasteiger partial charge < -0.3 is 10.6 Å². The summed E-state index contributed by atoms with van der Waals surface area (Å²) in [7, 11) is 0. The van der Waals surface area contributed by atoms with Crippen molar-refractivity contribution in [3.63, 3.8) is 0 Å². The first-order valence-electron chi connectivity index (χ1n) is 5.82. The number of nitrogens with zero attached hydrogens (tertiary/aromatic N) is 2. The van der Waals surface area contributed by atoms with E-state index in [0.717, 1.165) is 31.7 Å². The second-order valence-corrected chi connectivity index (χ2v) is 4.02. The van der Waals surface area contributed by atoms with Gasteiger partial charge in [-0.25, -0.2) is 0 Å². The van der Waals surface area contributed by atoms with Gasteiger partial charge in [-0.05, 0) is 19.4 Å². The highest BCUT2D eigenvalue weighted by Gasteiger charge is 2.21. The zero-order valence-corrected chi connectivity index (χ0v) is 9.79. The average Bonchev–Trinajstić information content (AvgIpc) is 2.66. The Bertz CT molecular complexity index is 381. The van der Waals surface area contributed by atoms with Crippen molar-refractivity contribution in [3.05, 3.63) is 17.5 Å². The number of hydrogen-bond acceptors (Lipinski definition) is 3. The fourth-order valence-electron chi connectivity index (χ4n) is 1.72. The Kier molecular flexibility index (Phi) is 3.24. The maximum atomic E-state index is 12.0. The fourth-order valence-corrected chi connectivity index (χ4v) is 1.72. The zero-order chi connectivity index (χ0) is 11.5. The third kappa shape index (κ3) is 2.09. The third-order valence-corrected chi connectivity index (χ3v) is 2.84. The normalized spacial score (nSPS) is 15.9. The molecule has 0 spiro atoms. The maximum Gasteiger partial charge on any atom is 0.269 e. The van der Waals surface area contributed by atoms with Crippen molar-refractivity contribution in [3.8, 4) is 0 Å². The van der Waals surface area contributed by atoms with Crippen LogP contribution in [0.4, 0.5) is 0 Å². The van der Waals surface area contributed by atoms with E-state index in [1.807, 2.05) is 19.9 Å².